The Bertz CT molecular complexity index is 375. The third-order valence-electron chi connectivity index (χ3n) is 1.68. The first kappa shape index (κ1) is 10.4. The van der Waals surface area contributed by atoms with E-state index >= 15 is 0 Å². The van der Waals surface area contributed by atoms with Gasteiger partial charge in [-0.1, -0.05) is 12.2 Å². The average molecular weight is 197 g/mol. The van der Waals surface area contributed by atoms with Gasteiger partial charge in [-0.15, -0.1) is 0 Å². The zero-order valence-corrected chi connectivity index (χ0v) is 7.34. The molecule has 74 valence electrons. The summed E-state index contributed by atoms with van der Waals surface area (Å²) < 4.78 is 25.8. The van der Waals surface area contributed by atoms with Crippen LogP contribution >= 0.6 is 0 Å². The summed E-state index contributed by atoms with van der Waals surface area (Å²) in [6, 6.07) is 2.24. The largest absolute Gasteiger partial charge is 0.398 e. The molecule has 0 spiro atoms. The molecule has 1 aromatic carbocycles. The number of benzene rings is 1. The molecule has 0 atom stereocenters. The molecule has 0 aromatic heterocycles. The first-order chi connectivity index (χ1) is 6.66. The predicted octanol–water partition coefficient (Wildman–Crippen LogP) is 2.15. The van der Waals surface area contributed by atoms with Gasteiger partial charge in [0.15, 0.2) is 11.6 Å². The van der Waals surface area contributed by atoms with Gasteiger partial charge in [0, 0.05) is 17.7 Å². The quantitative estimate of drug-likeness (QED) is 0.596. The van der Waals surface area contributed by atoms with Crippen molar-refractivity contribution in [1.82, 2.24) is 0 Å². The van der Waals surface area contributed by atoms with Crippen LogP contribution in [0.25, 0.3) is 6.08 Å². The molecule has 0 aliphatic heterocycles. The molecule has 1 rings (SSSR count). The van der Waals surface area contributed by atoms with E-state index in [1.165, 1.54) is 18.2 Å². The number of allylic oxidation sites excluding steroid dienone is 1. The second kappa shape index (κ2) is 4.50. The van der Waals surface area contributed by atoms with Crippen molar-refractivity contribution in [2.45, 2.75) is 6.42 Å². The lowest BCUT2D eigenvalue weighted by atomic mass is 10.1. The molecule has 0 amide bonds. The number of aldehydes is 1. The van der Waals surface area contributed by atoms with Crippen molar-refractivity contribution >= 4 is 18.0 Å². The second-order valence-electron chi connectivity index (χ2n) is 2.67. The number of halogens is 2. The van der Waals surface area contributed by atoms with Crippen LogP contribution in [0.2, 0.25) is 0 Å². The first-order valence-corrected chi connectivity index (χ1v) is 4.00. The van der Waals surface area contributed by atoms with E-state index in [0.29, 0.717) is 6.29 Å². The molecule has 0 saturated heterocycles. The molecule has 0 fully saturated rings. The molecule has 0 heterocycles. The van der Waals surface area contributed by atoms with E-state index in [1.807, 2.05) is 0 Å². The molecule has 2 nitrogen and oxygen atoms in total. The van der Waals surface area contributed by atoms with Crippen LogP contribution in [0.15, 0.2) is 18.2 Å². The normalized spacial score (nSPS) is 10.7. The van der Waals surface area contributed by atoms with Crippen LogP contribution in [0.4, 0.5) is 14.5 Å². The number of hydrogen-bond donors (Lipinski definition) is 1. The molecule has 0 bridgehead atoms. The van der Waals surface area contributed by atoms with Crippen LogP contribution < -0.4 is 5.73 Å². The van der Waals surface area contributed by atoms with Gasteiger partial charge in [0.25, 0.3) is 0 Å². The van der Waals surface area contributed by atoms with Gasteiger partial charge >= 0.3 is 0 Å². The van der Waals surface area contributed by atoms with E-state index in [4.69, 9.17) is 5.73 Å². The third-order valence-corrected chi connectivity index (χ3v) is 1.68. The lowest BCUT2D eigenvalue weighted by molar-refractivity contribution is -0.107. The minimum atomic E-state index is -0.993. The van der Waals surface area contributed by atoms with Crippen molar-refractivity contribution in [3.8, 4) is 0 Å². The van der Waals surface area contributed by atoms with Crippen molar-refractivity contribution in [2.24, 2.45) is 0 Å². The standard InChI is InChI=1S/C10H9F2NO/c11-8-4-5-9(13)7(10(8)12)3-1-2-6-14/h1,3-6H,2,13H2. The monoisotopic (exact) mass is 197 g/mol. The van der Waals surface area contributed by atoms with E-state index in [0.717, 1.165) is 6.07 Å². The van der Waals surface area contributed by atoms with E-state index in [2.05, 4.69) is 0 Å². The van der Waals surface area contributed by atoms with Crippen LogP contribution in [-0.4, -0.2) is 6.29 Å². The molecule has 14 heavy (non-hydrogen) atoms. The van der Waals surface area contributed by atoms with Gasteiger partial charge in [-0.3, -0.25) is 0 Å². The highest BCUT2D eigenvalue weighted by molar-refractivity contribution is 5.66. The lowest BCUT2D eigenvalue weighted by Crippen LogP contribution is -1.95. The molecular weight excluding hydrogens is 188 g/mol. The highest BCUT2D eigenvalue weighted by Crippen LogP contribution is 2.20. The van der Waals surface area contributed by atoms with Crippen molar-refractivity contribution in [2.75, 3.05) is 5.73 Å². The van der Waals surface area contributed by atoms with Crippen molar-refractivity contribution in [3.63, 3.8) is 0 Å². The van der Waals surface area contributed by atoms with Gasteiger partial charge in [-0.2, -0.15) is 0 Å². The number of hydrogen-bond acceptors (Lipinski definition) is 2. The number of anilines is 1. The van der Waals surface area contributed by atoms with Gasteiger partial charge in [-0.05, 0) is 12.1 Å². The molecular formula is C10H9F2NO. The van der Waals surface area contributed by atoms with Crippen molar-refractivity contribution < 1.29 is 13.6 Å². The summed E-state index contributed by atoms with van der Waals surface area (Å²) in [7, 11) is 0. The fourth-order valence-electron chi connectivity index (χ4n) is 0.992. The predicted molar refractivity (Wildman–Crippen MR) is 50.5 cm³/mol. The molecule has 0 saturated carbocycles. The number of carbonyl (C=O) groups excluding carboxylic acids is 1. The smallest absolute Gasteiger partial charge is 0.168 e. The molecule has 0 unspecified atom stereocenters. The maximum atomic E-state index is 13.1. The summed E-state index contributed by atoms with van der Waals surface area (Å²) in [5, 5.41) is 0. The van der Waals surface area contributed by atoms with Crippen LogP contribution in [0, 0.1) is 11.6 Å². The summed E-state index contributed by atoms with van der Waals surface area (Å²) >= 11 is 0. The van der Waals surface area contributed by atoms with E-state index < -0.39 is 11.6 Å². The zero-order chi connectivity index (χ0) is 10.6. The fourth-order valence-corrected chi connectivity index (χ4v) is 0.992. The summed E-state index contributed by atoms with van der Waals surface area (Å²) in [5.41, 5.74) is 5.55. The Morgan fingerprint density at radius 2 is 2.07 bits per heavy atom. The summed E-state index contributed by atoms with van der Waals surface area (Å²) in [4.78, 5) is 9.98. The Kier molecular flexibility index (Phi) is 3.34. The topological polar surface area (TPSA) is 43.1 Å². The van der Waals surface area contributed by atoms with Crippen LogP contribution in [0.5, 0.6) is 0 Å². The molecule has 4 heteroatoms. The Morgan fingerprint density at radius 3 is 2.71 bits per heavy atom. The van der Waals surface area contributed by atoms with Crippen LogP contribution in [0.3, 0.4) is 0 Å². The van der Waals surface area contributed by atoms with Crippen molar-refractivity contribution in [3.05, 3.63) is 35.4 Å². The number of carbonyl (C=O) groups is 1. The van der Waals surface area contributed by atoms with E-state index in [9.17, 15) is 13.6 Å². The lowest BCUT2D eigenvalue weighted by Gasteiger charge is -2.02. The average Bonchev–Trinajstić information content (AvgIpc) is 2.18. The van der Waals surface area contributed by atoms with Crippen LogP contribution in [0.1, 0.15) is 12.0 Å². The minimum absolute atomic E-state index is 0.0214. The van der Waals surface area contributed by atoms with Crippen molar-refractivity contribution in [1.29, 1.82) is 0 Å². The highest BCUT2D eigenvalue weighted by Gasteiger charge is 2.08. The van der Waals surface area contributed by atoms with Crippen LogP contribution in [-0.2, 0) is 4.79 Å². The maximum absolute atomic E-state index is 13.1. The molecule has 2 N–H and O–H groups in total. The maximum Gasteiger partial charge on any atom is 0.168 e. The highest BCUT2D eigenvalue weighted by atomic mass is 19.2. The number of nitrogens with two attached hydrogens (primary N) is 1. The number of nitrogen functional groups attached to an aromatic ring is 1. The SMILES string of the molecule is Nc1ccc(F)c(F)c1C=CCC=O. The zero-order valence-electron chi connectivity index (χ0n) is 7.34. The number of rotatable bonds is 3. The van der Waals surface area contributed by atoms with Gasteiger partial charge in [0.2, 0.25) is 0 Å². The van der Waals surface area contributed by atoms with Gasteiger partial charge in [-0.25, -0.2) is 8.78 Å². The molecule has 0 aliphatic rings. The van der Waals surface area contributed by atoms with Gasteiger partial charge < -0.3 is 10.5 Å². The Labute approximate surface area is 80.0 Å². The van der Waals surface area contributed by atoms with Gasteiger partial charge in [0.1, 0.15) is 6.29 Å². The van der Waals surface area contributed by atoms with E-state index in [-0.39, 0.29) is 17.7 Å². The Balaban J connectivity index is 3.06. The summed E-state index contributed by atoms with van der Waals surface area (Å²) in [5.74, 6) is -1.95. The molecule has 1 aromatic rings. The summed E-state index contributed by atoms with van der Waals surface area (Å²) in [6.45, 7) is 0. The molecule has 0 radical (unpaired) electrons. The second-order valence-corrected chi connectivity index (χ2v) is 2.67. The first-order valence-electron chi connectivity index (χ1n) is 4.00. The summed E-state index contributed by atoms with van der Waals surface area (Å²) in [6.07, 6.45) is 3.52. The van der Waals surface area contributed by atoms with E-state index in [1.54, 1.807) is 0 Å². The third kappa shape index (κ3) is 2.16. The van der Waals surface area contributed by atoms with Gasteiger partial charge in [0.05, 0.1) is 0 Å². The molecule has 0 aliphatic carbocycles. The fraction of sp³-hybridized carbons (Fsp3) is 0.100. The minimum Gasteiger partial charge on any atom is -0.398 e. The Hall–Kier alpha value is -1.71. The Morgan fingerprint density at radius 1 is 1.36 bits per heavy atom.